The Kier molecular flexibility index (Phi) is 4.36. The van der Waals surface area contributed by atoms with E-state index in [2.05, 4.69) is 0 Å². The van der Waals surface area contributed by atoms with Crippen molar-refractivity contribution in [1.82, 2.24) is 0 Å². The summed E-state index contributed by atoms with van der Waals surface area (Å²) in [7, 11) is 1.55. The van der Waals surface area contributed by atoms with Crippen LogP contribution in [0.3, 0.4) is 0 Å². The Hall–Kier alpha value is -2.35. The maximum atomic E-state index is 12.5. The highest BCUT2D eigenvalue weighted by Crippen LogP contribution is 2.32. The first-order valence-corrected chi connectivity index (χ1v) is 6.53. The van der Waals surface area contributed by atoms with E-state index in [9.17, 15) is 9.59 Å². The van der Waals surface area contributed by atoms with E-state index in [4.69, 9.17) is 10.00 Å². The summed E-state index contributed by atoms with van der Waals surface area (Å²) in [6, 6.07) is 9.05. The first-order chi connectivity index (χ1) is 9.69. The van der Waals surface area contributed by atoms with Crippen LogP contribution in [0.15, 0.2) is 24.3 Å². The van der Waals surface area contributed by atoms with Crippen LogP contribution in [0.4, 0.5) is 5.69 Å². The standard InChI is InChI=1S/C15H16N2O3/c1-20-14-7-3-2-6-12(14)17-10-4-5-11(15(17)19)13(18)8-9-16/h2-3,6-7,11H,4-5,8,10H2,1H3/t11-/m0/s1. The molecule has 0 aromatic heterocycles. The van der Waals surface area contributed by atoms with Crippen LogP contribution < -0.4 is 9.64 Å². The number of nitrogens with zero attached hydrogens (tertiary/aromatic N) is 2. The molecule has 0 bridgehead atoms. The number of nitriles is 1. The fourth-order valence-electron chi connectivity index (χ4n) is 2.47. The van der Waals surface area contributed by atoms with Crippen molar-refractivity contribution in [3.05, 3.63) is 24.3 Å². The number of amides is 1. The van der Waals surface area contributed by atoms with E-state index >= 15 is 0 Å². The van der Waals surface area contributed by atoms with E-state index in [-0.39, 0.29) is 18.1 Å². The van der Waals surface area contributed by atoms with Gasteiger partial charge in [0.05, 0.1) is 31.2 Å². The minimum absolute atomic E-state index is 0.212. The van der Waals surface area contributed by atoms with Crippen LogP contribution in [-0.2, 0) is 9.59 Å². The lowest BCUT2D eigenvalue weighted by molar-refractivity contribution is -0.133. The molecule has 104 valence electrons. The fourth-order valence-corrected chi connectivity index (χ4v) is 2.47. The molecular weight excluding hydrogens is 256 g/mol. The first-order valence-electron chi connectivity index (χ1n) is 6.53. The summed E-state index contributed by atoms with van der Waals surface area (Å²) < 4.78 is 5.26. The summed E-state index contributed by atoms with van der Waals surface area (Å²) in [5, 5.41) is 8.60. The normalized spacial score (nSPS) is 18.5. The molecule has 0 radical (unpaired) electrons. The average Bonchev–Trinajstić information content (AvgIpc) is 2.47. The second kappa shape index (κ2) is 6.20. The number of ketones is 1. The van der Waals surface area contributed by atoms with Gasteiger partial charge < -0.3 is 9.64 Å². The van der Waals surface area contributed by atoms with Crippen molar-refractivity contribution < 1.29 is 14.3 Å². The zero-order valence-corrected chi connectivity index (χ0v) is 11.3. The Bertz CT molecular complexity index is 562. The van der Waals surface area contributed by atoms with Crippen LogP contribution >= 0.6 is 0 Å². The molecule has 0 spiro atoms. The van der Waals surface area contributed by atoms with Crippen molar-refractivity contribution in [3.63, 3.8) is 0 Å². The number of hydrogen-bond donors (Lipinski definition) is 0. The summed E-state index contributed by atoms with van der Waals surface area (Å²) in [5.41, 5.74) is 0.675. The van der Waals surface area contributed by atoms with Crippen LogP contribution in [0.2, 0.25) is 0 Å². The molecule has 5 nitrogen and oxygen atoms in total. The number of piperidine rings is 1. The van der Waals surface area contributed by atoms with Gasteiger partial charge in [-0.3, -0.25) is 9.59 Å². The largest absolute Gasteiger partial charge is 0.495 e. The summed E-state index contributed by atoms with van der Waals surface area (Å²) in [5.74, 6) is -0.624. The highest BCUT2D eigenvalue weighted by Gasteiger charge is 2.35. The average molecular weight is 272 g/mol. The molecular formula is C15H16N2O3. The first kappa shape index (κ1) is 14.1. The third kappa shape index (κ3) is 2.64. The number of Topliss-reactive ketones (excluding diaryl/α,β-unsaturated/α-hetero) is 1. The molecule has 0 unspecified atom stereocenters. The second-order valence-electron chi connectivity index (χ2n) is 4.66. The molecule has 0 saturated carbocycles. The molecule has 0 N–H and O–H groups in total. The summed E-state index contributed by atoms with van der Waals surface area (Å²) in [6.07, 6.45) is 1.05. The van der Waals surface area contributed by atoms with E-state index in [1.165, 1.54) is 0 Å². The number of anilines is 1. The van der Waals surface area contributed by atoms with Crippen LogP contribution in [-0.4, -0.2) is 25.3 Å². The van der Waals surface area contributed by atoms with Crippen molar-refractivity contribution in [2.75, 3.05) is 18.6 Å². The van der Waals surface area contributed by atoms with Crippen molar-refractivity contribution in [2.45, 2.75) is 19.3 Å². The molecule has 1 atom stereocenters. The van der Waals surface area contributed by atoms with E-state index in [0.29, 0.717) is 24.4 Å². The molecule has 1 fully saturated rings. The maximum Gasteiger partial charge on any atom is 0.237 e. The number of rotatable bonds is 4. The minimum Gasteiger partial charge on any atom is -0.495 e. The van der Waals surface area contributed by atoms with Gasteiger partial charge in [-0.15, -0.1) is 0 Å². The van der Waals surface area contributed by atoms with Crippen molar-refractivity contribution in [1.29, 1.82) is 5.26 Å². The molecule has 5 heteroatoms. The Morgan fingerprint density at radius 2 is 2.25 bits per heavy atom. The quantitative estimate of drug-likeness (QED) is 0.785. The van der Waals surface area contributed by atoms with E-state index < -0.39 is 5.92 Å². The van der Waals surface area contributed by atoms with E-state index in [0.717, 1.165) is 6.42 Å². The molecule has 1 saturated heterocycles. The van der Waals surface area contributed by atoms with Gasteiger partial charge in [0.15, 0.2) is 5.78 Å². The van der Waals surface area contributed by atoms with Crippen LogP contribution in [0.1, 0.15) is 19.3 Å². The minimum atomic E-state index is -0.701. The number of para-hydroxylation sites is 2. The van der Waals surface area contributed by atoms with Gasteiger partial charge >= 0.3 is 0 Å². The highest BCUT2D eigenvalue weighted by molar-refractivity contribution is 6.09. The maximum absolute atomic E-state index is 12.5. The molecule has 20 heavy (non-hydrogen) atoms. The molecule has 1 aromatic carbocycles. The molecule has 1 aromatic rings. The van der Waals surface area contributed by atoms with E-state index in [1.807, 2.05) is 18.2 Å². The second-order valence-corrected chi connectivity index (χ2v) is 4.66. The zero-order valence-electron chi connectivity index (χ0n) is 11.3. The smallest absolute Gasteiger partial charge is 0.237 e. The third-order valence-electron chi connectivity index (χ3n) is 3.46. The van der Waals surface area contributed by atoms with Crippen molar-refractivity contribution in [3.8, 4) is 11.8 Å². The Balaban J connectivity index is 2.27. The van der Waals surface area contributed by atoms with Gasteiger partial charge in [-0.1, -0.05) is 12.1 Å². The van der Waals surface area contributed by atoms with Gasteiger partial charge in [-0.2, -0.15) is 5.26 Å². The summed E-state index contributed by atoms with van der Waals surface area (Å²) in [6.45, 7) is 0.565. The number of carbonyl (C=O) groups excluding carboxylic acids is 2. The van der Waals surface area contributed by atoms with Crippen LogP contribution in [0.25, 0.3) is 0 Å². The topological polar surface area (TPSA) is 70.4 Å². The number of carbonyl (C=O) groups is 2. The Morgan fingerprint density at radius 3 is 2.95 bits per heavy atom. The van der Waals surface area contributed by atoms with Crippen LogP contribution in [0.5, 0.6) is 5.75 Å². The predicted octanol–water partition coefficient (Wildman–Crippen LogP) is 1.92. The monoisotopic (exact) mass is 272 g/mol. The van der Waals surface area contributed by atoms with Gasteiger partial charge in [-0.05, 0) is 25.0 Å². The van der Waals surface area contributed by atoms with Gasteiger partial charge in [0.2, 0.25) is 5.91 Å². The number of ether oxygens (including phenoxy) is 1. The fraction of sp³-hybridized carbons (Fsp3) is 0.400. The lowest BCUT2D eigenvalue weighted by Gasteiger charge is -2.32. The molecule has 1 aliphatic heterocycles. The molecule has 1 heterocycles. The number of hydrogen-bond acceptors (Lipinski definition) is 4. The molecule has 2 rings (SSSR count). The summed E-state index contributed by atoms with van der Waals surface area (Å²) >= 11 is 0. The number of benzene rings is 1. The lowest BCUT2D eigenvalue weighted by atomic mass is 9.91. The highest BCUT2D eigenvalue weighted by atomic mass is 16.5. The molecule has 1 amide bonds. The van der Waals surface area contributed by atoms with E-state index in [1.54, 1.807) is 24.1 Å². The van der Waals surface area contributed by atoms with Gasteiger partial charge in [-0.25, -0.2) is 0 Å². The van der Waals surface area contributed by atoms with Crippen molar-refractivity contribution in [2.24, 2.45) is 5.92 Å². The predicted molar refractivity (Wildman–Crippen MR) is 73.3 cm³/mol. The Morgan fingerprint density at radius 1 is 1.50 bits per heavy atom. The lowest BCUT2D eigenvalue weighted by Crippen LogP contribution is -2.44. The van der Waals surface area contributed by atoms with Gasteiger partial charge in [0.25, 0.3) is 0 Å². The van der Waals surface area contributed by atoms with Gasteiger partial charge in [0, 0.05) is 6.54 Å². The SMILES string of the molecule is COc1ccccc1N1CCC[C@@H](C(=O)CC#N)C1=O. The number of methoxy groups -OCH3 is 1. The van der Waals surface area contributed by atoms with Gasteiger partial charge in [0.1, 0.15) is 5.75 Å². The van der Waals surface area contributed by atoms with Crippen LogP contribution in [0, 0.1) is 17.2 Å². The van der Waals surface area contributed by atoms with Crippen molar-refractivity contribution >= 4 is 17.4 Å². The summed E-state index contributed by atoms with van der Waals surface area (Å²) in [4.78, 5) is 25.9. The third-order valence-corrected chi connectivity index (χ3v) is 3.46. The molecule has 0 aliphatic carbocycles. The molecule has 1 aliphatic rings. The zero-order chi connectivity index (χ0) is 14.5. The Labute approximate surface area is 117 Å².